The zero-order valence-corrected chi connectivity index (χ0v) is 20.1. The van der Waals surface area contributed by atoms with Gasteiger partial charge in [-0.15, -0.1) is 11.6 Å². The molecule has 5 aromatic rings. The summed E-state index contributed by atoms with van der Waals surface area (Å²) < 4.78 is 19.6. The highest BCUT2D eigenvalue weighted by Crippen LogP contribution is 2.46. The lowest BCUT2D eigenvalue weighted by Crippen LogP contribution is -2.30. The molecule has 0 spiro atoms. The van der Waals surface area contributed by atoms with Gasteiger partial charge in [-0.25, -0.2) is 4.39 Å². The van der Waals surface area contributed by atoms with Crippen molar-refractivity contribution in [1.82, 2.24) is 4.98 Å². The average molecular weight is 501 g/mol. The largest absolute Gasteiger partial charge is 0.505 e. The topological polar surface area (TPSA) is 65.6 Å². The second kappa shape index (κ2) is 8.57. The molecule has 5 nitrogen and oxygen atoms in total. The molecule has 1 aromatic heterocycles. The van der Waals surface area contributed by atoms with Gasteiger partial charge in [0, 0.05) is 34.9 Å². The van der Waals surface area contributed by atoms with Crippen LogP contribution < -0.4 is 9.64 Å². The van der Waals surface area contributed by atoms with E-state index in [0.717, 1.165) is 38.5 Å². The van der Waals surface area contributed by atoms with Crippen LogP contribution in [0.15, 0.2) is 72.8 Å². The molecule has 6 rings (SSSR count). The van der Waals surface area contributed by atoms with Crippen molar-refractivity contribution in [3.63, 3.8) is 0 Å². The van der Waals surface area contributed by atoms with Crippen LogP contribution in [-0.4, -0.2) is 35.5 Å². The van der Waals surface area contributed by atoms with Gasteiger partial charge in [0.15, 0.2) is 11.6 Å². The Bertz CT molecular complexity index is 1660. The van der Waals surface area contributed by atoms with Gasteiger partial charge in [-0.3, -0.25) is 4.79 Å². The lowest BCUT2D eigenvalue weighted by atomic mass is 9.90. The van der Waals surface area contributed by atoms with Crippen molar-refractivity contribution in [2.75, 3.05) is 24.4 Å². The van der Waals surface area contributed by atoms with Crippen molar-refractivity contribution in [3.8, 4) is 22.6 Å². The molecule has 1 aliphatic heterocycles. The van der Waals surface area contributed by atoms with Crippen LogP contribution in [0.1, 0.15) is 22.0 Å². The van der Waals surface area contributed by atoms with Gasteiger partial charge in [0.25, 0.3) is 5.91 Å². The number of nitrogens with zero attached hydrogens (tertiary/aromatic N) is 1. The summed E-state index contributed by atoms with van der Waals surface area (Å²) in [6, 6.07) is 21.6. The number of carbonyl (C=O) groups excluding carboxylic acids is 1. The predicted octanol–water partition coefficient (Wildman–Crippen LogP) is 6.82. The fourth-order valence-corrected chi connectivity index (χ4v) is 5.43. The van der Waals surface area contributed by atoms with Crippen LogP contribution in [0, 0.1) is 5.82 Å². The molecule has 180 valence electrons. The molecule has 0 radical (unpaired) electrons. The number of H-pyrrole nitrogens is 1. The Morgan fingerprint density at radius 1 is 1.11 bits per heavy atom. The highest BCUT2D eigenvalue weighted by molar-refractivity contribution is 6.19. The molecule has 1 aliphatic rings. The number of hydrogen-bond donors (Lipinski definition) is 2. The summed E-state index contributed by atoms with van der Waals surface area (Å²) >= 11 is 6.41. The summed E-state index contributed by atoms with van der Waals surface area (Å²) in [5, 5.41) is 12.5. The number of phenols is 1. The van der Waals surface area contributed by atoms with Crippen LogP contribution in [0.2, 0.25) is 0 Å². The Balaban J connectivity index is 1.52. The molecular formula is C29H22ClFN2O3. The lowest BCUT2D eigenvalue weighted by Gasteiger charge is -2.19. The molecule has 1 atom stereocenters. The van der Waals surface area contributed by atoms with Crippen LogP contribution >= 0.6 is 11.6 Å². The number of aromatic nitrogens is 1. The Morgan fingerprint density at radius 3 is 2.67 bits per heavy atom. The summed E-state index contributed by atoms with van der Waals surface area (Å²) in [6.07, 6.45) is 0. The average Bonchev–Trinajstić information content (AvgIpc) is 3.50. The number of phenolic OH excluding ortho intramolecular Hbond substituents is 1. The second-order valence-corrected chi connectivity index (χ2v) is 9.28. The number of ether oxygens (including phenoxy) is 1. The lowest BCUT2D eigenvalue weighted by molar-refractivity contribution is 0.0984. The Hall–Kier alpha value is -4.03. The normalized spacial score (nSPS) is 15.0. The van der Waals surface area contributed by atoms with E-state index in [1.54, 1.807) is 18.1 Å². The number of carbonyl (C=O) groups is 1. The maximum atomic E-state index is 14.3. The minimum absolute atomic E-state index is 0.0504. The number of alkyl halides is 1. The number of amides is 1. The van der Waals surface area contributed by atoms with Gasteiger partial charge >= 0.3 is 0 Å². The molecule has 36 heavy (non-hydrogen) atoms. The Kier molecular flexibility index (Phi) is 5.34. The molecule has 0 saturated heterocycles. The molecule has 2 heterocycles. The molecule has 0 bridgehead atoms. The van der Waals surface area contributed by atoms with Crippen LogP contribution in [-0.2, 0) is 0 Å². The Labute approximate surface area is 211 Å². The molecule has 0 fully saturated rings. The number of fused-ring (bicyclic) bond motifs is 4. The minimum atomic E-state index is -0.697. The van der Waals surface area contributed by atoms with Crippen molar-refractivity contribution < 1.29 is 19.0 Å². The second-order valence-electron chi connectivity index (χ2n) is 8.97. The zero-order chi connectivity index (χ0) is 25.0. The van der Waals surface area contributed by atoms with Crippen LogP contribution in [0.5, 0.6) is 11.5 Å². The van der Waals surface area contributed by atoms with Gasteiger partial charge in [0.05, 0.1) is 7.11 Å². The standard InChI is InChI=1S/C29H22ClFN2O3/c1-36-19-7-8-24-17(10-19)12-25(32-24)29(35)33-15-18(14-30)28-21-5-3-2-4-20(21)22(13-26(28)33)16-6-9-27(34)23(31)11-16/h2-13,18,32,34H,14-15H2,1H3. The molecule has 1 unspecified atom stereocenters. The van der Waals surface area contributed by atoms with Crippen LogP contribution in [0.25, 0.3) is 32.8 Å². The van der Waals surface area contributed by atoms with Gasteiger partial charge in [0.2, 0.25) is 0 Å². The number of halogens is 2. The highest BCUT2D eigenvalue weighted by atomic mass is 35.5. The van der Waals surface area contributed by atoms with E-state index in [2.05, 4.69) is 4.98 Å². The summed E-state index contributed by atoms with van der Waals surface area (Å²) in [5.41, 5.74) is 4.45. The molecular weight excluding hydrogens is 479 g/mol. The minimum Gasteiger partial charge on any atom is -0.505 e. The molecule has 0 aliphatic carbocycles. The van der Waals surface area contributed by atoms with E-state index in [-0.39, 0.29) is 11.8 Å². The smallest absolute Gasteiger partial charge is 0.274 e. The molecule has 4 aromatic carbocycles. The Morgan fingerprint density at radius 2 is 1.92 bits per heavy atom. The van der Waals surface area contributed by atoms with Crippen molar-refractivity contribution >= 4 is 44.9 Å². The molecule has 2 N–H and O–H groups in total. The van der Waals surface area contributed by atoms with Crippen molar-refractivity contribution in [3.05, 3.63) is 89.9 Å². The first-order chi connectivity index (χ1) is 17.5. The third-order valence-electron chi connectivity index (χ3n) is 6.91. The van der Waals surface area contributed by atoms with E-state index in [4.69, 9.17) is 16.3 Å². The van der Waals surface area contributed by atoms with Gasteiger partial charge in [-0.1, -0.05) is 30.3 Å². The van der Waals surface area contributed by atoms with Crippen molar-refractivity contribution in [1.29, 1.82) is 0 Å². The van der Waals surface area contributed by atoms with Crippen molar-refractivity contribution in [2.45, 2.75) is 5.92 Å². The van der Waals surface area contributed by atoms with Crippen LogP contribution in [0.4, 0.5) is 10.1 Å². The fraction of sp³-hybridized carbons (Fsp3) is 0.138. The fourth-order valence-electron chi connectivity index (χ4n) is 5.18. The van der Waals surface area contributed by atoms with Gasteiger partial charge in [0.1, 0.15) is 11.4 Å². The third kappa shape index (κ3) is 3.48. The maximum absolute atomic E-state index is 14.3. The number of methoxy groups -OCH3 is 1. The predicted molar refractivity (Wildman–Crippen MR) is 141 cm³/mol. The molecule has 7 heteroatoms. The van der Waals surface area contributed by atoms with Crippen LogP contribution in [0.3, 0.4) is 0 Å². The van der Waals surface area contributed by atoms with E-state index >= 15 is 0 Å². The number of hydrogen-bond acceptors (Lipinski definition) is 3. The first kappa shape index (κ1) is 22.4. The van der Waals surface area contributed by atoms with Crippen molar-refractivity contribution in [2.24, 2.45) is 0 Å². The number of benzene rings is 4. The summed E-state index contributed by atoms with van der Waals surface area (Å²) in [6.45, 7) is 0.438. The van der Waals surface area contributed by atoms with Gasteiger partial charge in [-0.2, -0.15) is 0 Å². The van der Waals surface area contributed by atoms with E-state index in [1.807, 2.05) is 54.6 Å². The monoisotopic (exact) mass is 500 g/mol. The third-order valence-corrected chi connectivity index (χ3v) is 7.29. The highest BCUT2D eigenvalue weighted by Gasteiger charge is 2.35. The number of anilines is 1. The van der Waals surface area contributed by atoms with Gasteiger partial charge in [-0.05, 0) is 69.9 Å². The maximum Gasteiger partial charge on any atom is 0.274 e. The number of rotatable bonds is 4. The zero-order valence-electron chi connectivity index (χ0n) is 19.4. The van der Waals surface area contributed by atoms with Gasteiger partial charge < -0.3 is 19.7 Å². The van der Waals surface area contributed by atoms with E-state index in [1.165, 1.54) is 12.1 Å². The molecule has 0 saturated carbocycles. The summed E-state index contributed by atoms with van der Waals surface area (Å²) in [5.74, 6) is -0.247. The summed E-state index contributed by atoms with van der Waals surface area (Å²) in [4.78, 5) is 18.8. The first-order valence-corrected chi connectivity index (χ1v) is 12.1. The SMILES string of the molecule is COc1ccc2[nH]c(C(=O)N3CC(CCl)c4c3cc(-c3ccc(O)c(F)c3)c3ccccc43)cc2c1. The quantitative estimate of drug-likeness (QED) is 0.266. The molecule has 1 amide bonds. The number of nitrogens with one attached hydrogen (secondary N) is 1. The first-order valence-electron chi connectivity index (χ1n) is 11.6. The number of aromatic hydroxyl groups is 1. The van der Waals surface area contributed by atoms with E-state index in [9.17, 15) is 14.3 Å². The summed E-state index contributed by atoms with van der Waals surface area (Å²) in [7, 11) is 1.61. The van der Waals surface area contributed by atoms with E-state index in [0.29, 0.717) is 29.4 Å². The number of aromatic amines is 1. The van der Waals surface area contributed by atoms with E-state index < -0.39 is 11.6 Å².